The molecule has 5 atom stereocenters. The van der Waals surface area contributed by atoms with Gasteiger partial charge in [0.15, 0.2) is 0 Å². The molecule has 0 radical (unpaired) electrons. The van der Waals surface area contributed by atoms with E-state index in [4.69, 9.17) is 37.5 Å². The summed E-state index contributed by atoms with van der Waals surface area (Å²) in [5.74, 6) is 0.197. The molecule has 1 N–H and O–H groups in total. The fourth-order valence-electron chi connectivity index (χ4n) is 7.47. The highest BCUT2D eigenvalue weighted by atomic mass is 32.2. The Morgan fingerprint density at radius 1 is 0.788 bits per heavy atom. The fourth-order valence-corrected chi connectivity index (χ4v) is 10.5. The molecule has 1 amide bonds. The Bertz CT molecular complexity index is 2420. The van der Waals surface area contributed by atoms with Gasteiger partial charge in [-0.25, -0.2) is 13.2 Å². The summed E-state index contributed by atoms with van der Waals surface area (Å²) in [4.78, 5) is 13.9. The number of rotatable bonds is 24. The van der Waals surface area contributed by atoms with E-state index in [9.17, 15) is 9.36 Å². The monoisotopic (exact) mass is 940 g/mol. The predicted octanol–water partition coefficient (Wildman–Crippen LogP) is 8.87. The minimum atomic E-state index is -4.34. The third-order valence-electron chi connectivity index (χ3n) is 11.1. The number of hydrogen-bond donors (Lipinski definition) is 1. The minimum absolute atomic E-state index is 0.00712. The Hall–Kier alpha value is -5.35. The molecule has 5 aromatic rings. The molecule has 7 rings (SSSR count). The van der Waals surface area contributed by atoms with Gasteiger partial charge < -0.3 is 42.8 Å². The van der Waals surface area contributed by atoms with E-state index in [0.717, 1.165) is 22.3 Å². The van der Waals surface area contributed by atoms with Gasteiger partial charge in [0.25, 0.3) is 0 Å². The van der Waals surface area contributed by atoms with E-state index in [1.54, 1.807) is 32.1 Å². The molecule has 1 fully saturated rings. The van der Waals surface area contributed by atoms with Crippen molar-refractivity contribution in [3.05, 3.63) is 180 Å². The summed E-state index contributed by atoms with van der Waals surface area (Å²) in [6.45, 7) is 3.13. The van der Waals surface area contributed by atoms with Gasteiger partial charge in [-0.05, 0) is 72.9 Å². The first-order valence-corrected chi connectivity index (χ1v) is 24.9. The number of carbonyl (C=O) groups is 1. The van der Waals surface area contributed by atoms with Gasteiger partial charge in [0.2, 0.25) is 16.3 Å². The smallest absolute Gasteiger partial charge is 0.407 e. The van der Waals surface area contributed by atoms with Gasteiger partial charge in [-0.2, -0.15) is 4.31 Å². The number of methoxy groups -OCH3 is 1. The number of alkyl carbamates (subject to hydrolysis) is 1. The van der Waals surface area contributed by atoms with Crippen molar-refractivity contribution in [2.24, 2.45) is 5.92 Å². The Labute approximate surface area is 387 Å². The molecule has 16 heteroatoms. The van der Waals surface area contributed by atoms with Crippen molar-refractivity contribution in [1.82, 2.24) is 9.62 Å². The van der Waals surface area contributed by atoms with Crippen LogP contribution in [0, 0.1) is 5.92 Å². The van der Waals surface area contributed by atoms with E-state index in [-0.39, 0.29) is 56.8 Å². The lowest BCUT2D eigenvalue weighted by atomic mass is 10.0. The predicted molar refractivity (Wildman–Crippen MR) is 248 cm³/mol. The molecule has 0 aromatic heterocycles. The summed E-state index contributed by atoms with van der Waals surface area (Å²) >= 11 is 0. The Balaban J connectivity index is 1.19. The topological polar surface area (TPSA) is 157 Å². The van der Waals surface area contributed by atoms with Crippen LogP contribution in [-0.4, -0.2) is 82.1 Å². The second-order valence-electron chi connectivity index (χ2n) is 16.6. The van der Waals surface area contributed by atoms with Crippen molar-refractivity contribution < 1.29 is 55.2 Å². The maximum atomic E-state index is 15.0. The van der Waals surface area contributed by atoms with E-state index in [1.165, 1.54) is 29.8 Å². The summed E-state index contributed by atoms with van der Waals surface area (Å²) in [7, 11) is -6.82. The van der Waals surface area contributed by atoms with Gasteiger partial charge >= 0.3 is 13.7 Å². The van der Waals surface area contributed by atoms with Crippen LogP contribution < -0.4 is 10.1 Å². The number of hydrogen-bond acceptors (Lipinski definition) is 12. The van der Waals surface area contributed by atoms with Crippen LogP contribution >= 0.6 is 7.60 Å². The van der Waals surface area contributed by atoms with Gasteiger partial charge in [0.1, 0.15) is 18.2 Å². The van der Waals surface area contributed by atoms with Crippen molar-refractivity contribution in [2.75, 3.05) is 33.2 Å². The SMILES string of the molecule is COc1ccc(S(=O)(=O)N(CC(OCc2ccccc2)C(Cc2ccccc2)NC(=O)OC2COC3OC=CC23)CC(C)(C)OCP(=O)(OCc2ccccc2)OCc2ccccc2)cc1. The zero-order chi connectivity index (χ0) is 46.4. The van der Waals surface area contributed by atoms with Gasteiger partial charge in [-0.15, -0.1) is 0 Å². The molecule has 14 nitrogen and oxygen atoms in total. The van der Waals surface area contributed by atoms with Crippen LogP contribution in [0.1, 0.15) is 36.1 Å². The Morgan fingerprint density at radius 3 is 1.89 bits per heavy atom. The van der Waals surface area contributed by atoms with Crippen molar-refractivity contribution in [3.63, 3.8) is 0 Å². The lowest BCUT2D eigenvalue weighted by Crippen LogP contribution is -2.54. The average molecular weight is 941 g/mol. The number of fused-ring (bicyclic) bond motifs is 1. The quantitative estimate of drug-likeness (QED) is 0.0587. The van der Waals surface area contributed by atoms with Gasteiger partial charge in [0.05, 0.1) is 68.4 Å². The molecular formula is C50H57N2O12PS. The molecular weight excluding hydrogens is 884 g/mol. The molecule has 66 heavy (non-hydrogen) atoms. The fraction of sp³-hybridized carbons (Fsp3) is 0.340. The van der Waals surface area contributed by atoms with Gasteiger partial charge in [-0.3, -0.25) is 4.57 Å². The normalized spacial score (nSPS) is 18.0. The molecule has 2 aliphatic heterocycles. The van der Waals surface area contributed by atoms with E-state index in [0.29, 0.717) is 5.75 Å². The molecule has 0 saturated carbocycles. The van der Waals surface area contributed by atoms with Gasteiger partial charge in [0, 0.05) is 13.1 Å². The third-order valence-corrected chi connectivity index (χ3v) is 14.4. The Kier molecular flexibility index (Phi) is 16.9. The molecule has 350 valence electrons. The van der Waals surface area contributed by atoms with Crippen LogP contribution in [0.3, 0.4) is 0 Å². The molecule has 5 unspecified atom stereocenters. The van der Waals surface area contributed by atoms with E-state index < -0.39 is 60.2 Å². The Morgan fingerprint density at radius 2 is 1.33 bits per heavy atom. The lowest BCUT2D eigenvalue weighted by Gasteiger charge is -2.37. The number of ether oxygens (including phenoxy) is 6. The number of carbonyl (C=O) groups excluding carboxylic acids is 1. The first-order valence-electron chi connectivity index (χ1n) is 21.7. The molecule has 0 bridgehead atoms. The van der Waals surface area contributed by atoms with Crippen LogP contribution in [0.25, 0.3) is 0 Å². The lowest BCUT2D eigenvalue weighted by molar-refractivity contribution is -0.0690. The number of benzene rings is 5. The zero-order valence-corrected chi connectivity index (χ0v) is 39.0. The summed E-state index contributed by atoms with van der Waals surface area (Å²) < 4.78 is 93.4. The number of sulfonamides is 1. The van der Waals surface area contributed by atoms with Crippen molar-refractivity contribution in [1.29, 1.82) is 0 Å². The molecule has 0 aliphatic carbocycles. The minimum Gasteiger partial charge on any atom is -0.497 e. The number of nitrogens with zero attached hydrogens (tertiary/aromatic N) is 1. The largest absolute Gasteiger partial charge is 0.497 e. The molecule has 2 heterocycles. The second-order valence-corrected chi connectivity index (χ2v) is 20.5. The van der Waals surface area contributed by atoms with E-state index in [2.05, 4.69) is 5.32 Å². The molecule has 0 spiro atoms. The van der Waals surface area contributed by atoms with Crippen LogP contribution in [0.15, 0.2) is 163 Å². The van der Waals surface area contributed by atoms with Gasteiger partial charge in [-0.1, -0.05) is 121 Å². The molecule has 1 saturated heterocycles. The second kappa shape index (κ2) is 22.9. The standard InChI is InChI=1S/C50H57N2O12PS/c1-50(2,61-37-65(54,62-33-40-20-12-6-13-21-40)63-34-41-22-14-7-15-23-41)36-52(66(55,56)43-26-24-42(57-3)25-27-43)31-46(59-32-39-18-10-5-11-19-39)45(30-38-16-8-4-9-17-38)51-49(53)64-47-35-60-48-44(47)28-29-58-48/h4-29,44-48H,30-37H2,1-3H3,(H,51,53). The average Bonchev–Trinajstić information content (AvgIpc) is 3.97. The van der Waals surface area contributed by atoms with E-state index in [1.807, 2.05) is 121 Å². The highest BCUT2D eigenvalue weighted by molar-refractivity contribution is 7.89. The first-order chi connectivity index (χ1) is 31.9. The maximum Gasteiger partial charge on any atom is 0.407 e. The van der Waals surface area contributed by atoms with E-state index >= 15 is 8.42 Å². The maximum absolute atomic E-state index is 15.0. The number of nitrogens with one attached hydrogen (secondary N) is 1. The zero-order valence-electron chi connectivity index (χ0n) is 37.3. The van der Waals surface area contributed by atoms with Crippen molar-refractivity contribution in [3.8, 4) is 5.75 Å². The van der Waals surface area contributed by atoms with Crippen LogP contribution in [-0.2, 0) is 73.6 Å². The van der Waals surface area contributed by atoms with Crippen LogP contribution in [0.2, 0.25) is 0 Å². The molecule has 2 aliphatic rings. The van der Waals surface area contributed by atoms with Crippen molar-refractivity contribution >= 4 is 23.7 Å². The third kappa shape index (κ3) is 13.8. The van der Waals surface area contributed by atoms with Crippen LogP contribution in [0.5, 0.6) is 5.75 Å². The molecule has 5 aromatic carbocycles. The number of amides is 1. The summed E-state index contributed by atoms with van der Waals surface area (Å²) in [6.07, 6.45) is 0.261. The van der Waals surface area contributed by atoms with Crippen LogP contribution in [0.4, 0.5) is 4.79 Å². The summed E-state index contributed by atoms with van der Waals surface area (Å²) in [6, 6.07) is 42.8. The first kappa shape index (κ1) is 48.6. The highest BCUT2D eigenvalue weighted by Crippen LogP contribution is 2.50. The summed E-state index contributed by atoms with van der Waals surface area (Å²) in [5, 5.41) is 3.04. The highest BCUT2D eigenvalue weighted by Gasteiger charge is 2.43. The van der Waals surface area contributed by atoms with Crippen molar-refractivity contribution in [2.45, 2.75) is 75.1 Å². The summed E-state index contributed by atoms with van der Waals surface area (Å²) in [5.41, 5.74) is 1.96.